The van der Waals surface area contributed by atoms with Crippen molar-refractivity contribution in [3.05, 3.63) is 148 Å². The van der Waals surface area contributed by atoms with Crippen LogP contribution in [0.5, 0.6) is 11.5 Å². The first-order valence-electron chi connectivity index (χ1n) is 29.1. The van der Waals surface area contributed by atoms with Gasteiger partial charge in [-0.05, 0) is 112 Å². The van der Waals surface area contributed by atoms with Gasteiger partial charge in [-0.3, -0.25) is 39.2 Å². The number of nitriles is 1. The van der Waals surface area contributed by atoms with Crippen LogP contribution in [0.25, 0.3) is 11.2 Å². The molecule has 482 valence electrons. The summed E-state index contributed by atoms with van der Waals surface area (Å²) in [6.45, 7) is 11.5. The Hall–Kier alpha value is -8.44. The number of H-pyrrole nitrogens is 1. The Morgan fingerprint density at radius 3 is 1.97 bits per heavy atom. The van der Waals surface area contributed by atoms with E-state index in [1.54, 1.807) is 28.1 Å². The number of carbonyl (C=O) groups is 5. The summed E-state index contributed by atoms with van der Waals surface area (Å²) in [5.74, 6) is -4.24. The van der Waals surface area contributed by atoms with E-state index in [2.05, 4.69) is 74.3 Å². The van der Waals surface area contributed by atoms with Crippen molar-refractivity contribution >= 4 is 60.9 Å². The Morgan fingerprint density at radius 2 is 1.40 bits per heavy atom. The fourth-order valence-corrected chi connectivity index (χ4v) is 11.1. The van der Waals surface area contributed by atoms with E-state index >= 15 is 0 Å². The second-order valence-electron chi connectivity index (χ2n) is 21.3. The third-order valence-corrected chi connectivity index (χ3v) is 16.0. The second-order valence-corrected chi connectivity index (χ2v) is 22.7. The zero-order valence-electron chi connectivity index (χ0n) is 51.6. The standard InChI is InChI=1S/C63H76F3N10O13P/c1-40(2)56(78)73-61-72-55-54(58(80)74-61)70-47(37-69-55)38-75(60(82)63(64,65)66)48-23-17-43(18-24-48)57(79)71-52(59(81)85-9)29-30-53(77)68-33-14-34-86-36-31-51(89-90(88-35-13-32-67)76(41(3)4)42(5)6)39-87-62(44-15-11-10-12-16-44,45-19-25-49(83-7)26-20-45)46-21-27-50(84-8)28-22-46/h10-12,15-28,37,40-42,51-52H,13-14,29-31,33-36,38-39H2,1-9H3,(H,68,77)(H,71,79)(H2,69,72,73,74,78,80)/t51?,52-,90?/m1/s1. The molecule has 0 spiro atoms. The van der Waals surface area contributed by atoms with Crippen LogP contribution in [0.15, 0.2) is 114 Å². The van der Waals surface area contributed by atoms with Crippen LogP contribution in [0.3, 0.4) is 0 Å². The summed E-state index contributed by atoms with van der Waals surface area (Å²) >= 11 is 0. The SMILES string of the molecule is COC(=O)[C@@H](CCC(=O)NCCCOCCC(COC(c1ccccc1)(c1ccc(OC)cc1)c1ccc(OC)cc1)OP(OCCC#N)N(C(C)C)C(C)C)NC(=O)c1ccc(N(Cc2cnc3nc(NC(=O)C(C)C)[nH]c(=O)c3n2)C(=O)C(F)(F)F)cc1. The van der Waals surface area contributed by atoms with Gasteiger partial charge in [0.2, 0.25) is 17.8 Å². The Kier molecular flexibility index (Phi) is 26.6. The summed E-state index contributed by atoms with van der Waals surface area (Å²) in [5.41, 5.74) is -0.790. The average Bonchev–Trinajstić information content (AvgIpc) is 0.788. The minimum Gasteiger partial charge on any atom is -0.497 e. The molecule has 0 saturated heterocycles. The Bertz CT molecular complexity index is 3370. The molecule has 90 heavy (non-hydrogen) atoms. The zero-order chi connectivity index (χ0) is 65.5. The maximum atomic E-state index is 14.0. The third-order valence-electron chi connectivity index (χ3n) is 13.9. The number of nitrogens with zero attached hydrogens (tertiary/aromatic N) is 6. The predicted octanol–water partition coefficient (Wildman–Crippen LogP) is 9.05. The van der Waals surface area contributed by atoms with Crippen LogP contribution in [0.4, 0.5) is 24.8 Å². The molecule has 23 nitrogen and oxygen atoms in total. The molecule has 0 bridgehead atoms. The lowest BCUT2D eigenvalue weighted by molar-refractivity contribution is -0.170. The maximum absolute atomic E-state index is 14.0. The molecule has 27 heteroatoms. The second kappa shape index (κ2) is 33.9. The van der Waals surface area contributed by atoms with Crippen molar-refractivity contribution in [2.24, 2.45) is 5.92 Å². The van der Waals surface area contributed by atoms with Crippen LogP contribution in [0.1, 0.15) is 106 Å². The first-order valence-corrected chi connectivity index (χ1v) is 30.2. The zero-order valence-corrected chi connectivity index (χ0v) is 52.5. The molecule has 3 atom stereocenters. The van der Waals surface area contributed by atoms with Gasteiger partial charge in [0.1, 0.15) is 23.1 Å². The Balaban J connectivity index is 1.08. The van der Waals surface area contributed by atoms with E-state index < -0.39 is 80.1 Å². The molecule has 0 aliphatic heterocycles. The van der Waals surface area contributed by atoms with Crippen LogP contribution < -0.4 is 35.9 Å². The molecule has 0 fully saturated rings. The third kappa shape index (κ3) is 19.5. The fourth-order valence-electron chi connectivity index (χ4n) is 9.33. The number of anilines is 2. The number of hydrogen-bond donors (Lipinski definition) is 4. The minimum absolute atomic E-state index is 0.0152. The van der Waals surface area contributed by atoms with Gasteiger partial charge in [0.15, 0.2) is 11.2 Å². The van der Waals surface area contributed by atoms with E-state index in [1.807, 2.05) is 78.9 Å². The van der Waals surface area contributed by atoms with Crippen molar-refractivity contribution in [1.29, 1.82) is 5.26 Å². The highest BCUT2D eigenvalue weighted by atomic mass is 31.2. The van der Waals surface area contributed by atoms with E-state index in [4.69, 9.17) is 32.7 Å². The molecule has 0 aliphatic rings. The number of carbonyl (C=O) groups excluding carboxylic acids is 5. The van der Waals surface area contributed by atoms with Gasteiger partial charge in [0, 0.05) is 55.4 Å². The van der Waals surface area contributed by atoms with Gasteiger partial charge in [-0.25, -0.2) is 19.4 Å². The summed E-state index contributed by atoms with van der Waals surface area (Å²) in [6, 6.07) is 30.5. The van der Waals surface area contributed by atoms with Crippen molar-refractivity contribution in [1.82, 2.24) is 35.2 Å². The lowest BCUT2D eigenvalue weighted by Gasteiger charge is -2.39. The van der Waals surface area contributed by atoms with E-state index in [0.717, 1.165) is 54.3 Å². The van der Waals surface area contributed by atoms with Gasteiger partial charge in [-0.1, -0.05) is 68.4 Å². The van der Waals surface area contributed by atoms with Crippen LogP contribution in [-0.2, 0) is 54.6 Å². The van der Waals surface area contributed by atoms with E-state index in [9.17, 15) is 47.2 Å². The summed E-state index contributed by atoms with van der Waals surface area (Å²) in [5, 5.41) is 17.2. The lowest BCUT2D eigenvalue weighted by atomic mass is 9.80. The predicted molar refractivity (Wildman–Crippen MR) is 329 cm³/mol. The first-order chi connectivity index (χ1) is 43.0. The normalized spacial score (nSPS) is 12.7. The van der Waals surface area contributed by atoms with Crippen LogP contribution in [0, 0.1) is 17.2 Å². The van der Waals surface area contributed by atoms with E-state index in [0.29, 0.717) is 29.2 Å². The number of aromatic nitrogens is 4. The molecular weight excluding hydrogens is 1190 g/mol. The number of rotatable bonds is 34. The number of fused-ring (bicyclic) bond motifs is 1. The van der Waals surface area contributed by atoms with Crippen molar-refractivity contribution in [3.8, 4) is 17.6 Å². The molecule has 2 unspecified atom stereocenters. The van der Waals surface area contributed by atoms with Crippen LogP contribution in [0.2, 0.25) is 0 Å². The molecule has 4 amide bonds. The number of alkyl halides is 3. The van der Waals surface area contributed by atoms with Gasteiger partial charge in [0.05, 0.1) is 71.6 Å². The number of halogens is 3. The molecule has 0 aliphatic carbocycles. The molecule has 6 aromatic rings. The topological polar surface area (TPSA) is 288 Å². The number of aromatic amines is 1. The largest absolute Gasteiger partial charge is 0.497 e. The number of ether oxygens (including phenoxy) is 5. The Labute approximate surface area is 521 Å². The molecule has 4 aromatic carbocycles. The summed E-state index contributed by atoms with van der Waals surface area (Å²) in [7, 11) is 2.59. The van der Waals surface area contributed by atoms with Gasteiger partial charge in [-0.15, -0.1) is 0 Å². The molecule has 0 radical (unpaired) electrons. The molecule has 2 heterocycles. The van der Waals surface area contributed by atoms with Crippen LogP contribution in [-0.4, -0.2) is 139 Å². The smallest absolute Gasteiger partial charge is 0.471 e. The minimum atomic E-state index is -5.36. The molecule has 2 aromatic heterocycles. The molecule has 0 saturated carbocycles. The van der Waals surface area contributed by atoms with Gasteiger partial charge >= 0.3 is 18.1 Å². The van der Waals surface area contributed by atoms with Crippen molar-refractivity contribution in [2.45, 2.75) is 116 Å². The molecular formula is C63H76F3N10O13P. The lowest BCUT2D eigenvalue weighted by Crippen LogP contribution is -2.42. The summed E-state index contributed by atoms with van der Waals surface area (Å²) in [4.78, 5) is 92.1. The van der Waals surface area contributed by atoms with Crippen molar-refractivity contribution in [2.75, 3.05) is 64.5 Å². The highest BCUT2D eigenvalue weighted by Crippen LogP contribution is 2.49. The molecule has 4 N–H and O–H groups in total. The summed E-state index contributed by atoms with van der Waals surface area (Å²) < 4.78 is 86.8. The average molecular weight is 1270 g/mol. The quantitative estimate of drug-likeness (QED) is 0.0127. The number of benzene rings is 4. The molecule has 6 rings (SSSR count). The number of hydrogen-bond acceptors (Lipinski definition) is 18. The first kappa shape index (κ1) is 70.6. The fraction of sp³-hybridized carbons (Fsp3) is 0.429. The van der Waals surface area contributed by atoms with Gasteiger partial charge < -0.3 is 43.4 Å². The highest BCUT2D eigenvalue weighted by Gasteiger charge is 2.44. The number of esters is 1. The number of nitrogens with one attached hydrogen (secondary N) is 4. The monoisotopic (exact) mass is 1270 g/mol. The van der Waals surface area contributed by atoms with Gasteiger partial charge in [0.25, 0.3) is 20.0 Å². The number of amides is 4. The van der Waals surface area contributed by atoms with Crippen molar-refractivity contribution in [3.63, 3.8) is 0 Å². The van der Waals surface area contributed by atoms with Crippen LogP contribution >= 0.6 is 8.53 Å². The van der Waals surface area contributed by atoms with E-state index in [-0.39, 0.29) is 98.4 Å². The number of methoxy groups -OCH3 is 3. The highest BCUT2D eigenvalue weighted by molar-refractivity contribution is 7.44. The van der Waals surface area contributed by atoms with E-state index in [1.165, 1.54) is 0 Å². The maximum Gasteiger partial charge on any atom is 0.471 e. The van der Waals surface area contributed by atoms with Crippen molar-refractivity contribution < 1.29 is 69.9 Å². The summed E-state index contributed by atoms with van der Waals surface area (Å²) in [6.07, 6.45) is -4.46. The van der Waals surface area contributed by atoms with Gasteiger partial charge in [-0.2, -0.15) is 23.4 Å². The Morgan fingerprint density at radius 1 is 0.778 bits per heavy atom.